The smallest absolute Gasteiger partial charge is 0.242 e. The molecule has 166 valence electrons. The summed E-state index contributed by atoms with van der Waals surface area (Å²) in [5.74, 6) is 0.135. The summed E-state index contributed by atoms with van der Waals surface area (Å²) in [4.78, 5) is 27.7. The van der Waals surface area contributed by atoms with Gasteiger partial charge in [0.2, 0.25) is 11.8 Å². The van der Waals surface area contributed by atoms with Crippen molar-refractivity contribution in [1.29, 1.82) is 0 Å². The fourth-order valence-electron chi connectivity index (χ4n) is 3.89. The maximum absolute atomic E-state index is 13.9. The minimum Gasteiger partial charge on any atom is -0.352 e. The highest BCUT2D eigenvalue weighted by Crippen LogP contribution is 2.20. The first-order valence-corrected chi connectivity index (χ1v) is 12.1. The third kappa shape index (κ3) is 6.57. The van der Waals surface area contributed by atoms with Crippen molar-refractivity contribution in [1.82, 2.24) is 10.2 Å². The summed E-state index contributed by atoms with van der Waals surface area (Å²) < 4.78 is 13.9. The molecule has 3 rings (SSSR count). The Bertz CT molecular complexity index is 899. The molecule has 0 saturated heterocycles. The average molecular weight is 443 g/mol. The predicted octanol–water partition coefficient (Wildman–Crippen LogP) is 4.84. The zero-order chi connectivity index (χ0) is 22.2. The van der Waals surface area contributed by atoms with Gasteiger partial charge in [-0.15, -0.1) is 11.8 Å². The van der Waals surface area contributed by atoms with Gasteiger partial charge in [0.15, 0.2) is 0 Å². The van der Waals surface area contributed by atoms with E-state index in [2.05, 4.69) is 5.32 Å². The quantitative estimate of drug-likeness (QED) is 0.604. The second kappa shape index (κ2) is 11.3. The summed E-state index contributed by atoms with van der Waals surface area (Å²) in [7, 11) is 0. The molecule has 0 spiro atoms. The molecule has 1 atom stereocenters. The molecule has 0 radical (unpaired) electrons. The fourth-order valence-corrected chi connectivity index (χ4v) is 4.79. The van der Waals surface area contributed by atoms with E-state index < -0.39 is 6.04 Å². The van der Waals surface area contributed by atoms with Gasteiger partial charge in [0.1, 0.15) is 11.9 Å². The molecule has 1 aliphatic carbocycles. The van der Waals surface area contributed by atoms with Gasteiger partial charge in [0, 0.05) is 18.3 Å². The molecule has 2 aromatic rings. The molecule has 0 unspecified atom stereocenters. The van der Waals surface area contributed by atoms with E-state index in [9.17, 15) is 14.0 Å². The van der Waals surface area contributed by atoms with Gasteiger partial charge in [0.25, 0.3) is 0 Å². The van der Waals surface area contributed by atoms with Gasteiger partial charge < -0.3 is 10.2 Å². The second-order valence-electron chi connectivity index (χ2n) is 8.20. The topological polar surface area (TPSA) is 49.4 Å². The van der Waals surface area contributed by atoms with Crippen LogP contribution in [0.25, 0.3) is 0 Å². The lowest BCUT2D eigenvalue weighted by Crippen LogP contribution is -2.50. The Labute approximate surface area is 188 Å². The normalized spacial score (nSPS) is 14.9. The van der Waals surface area contributed by atoms with E-state index in [1.807, 2.05) is 31.2 Å². The summed E-state index contributed by atoms with van der Waals surface area (Å²) in [6.45, 7) is 4.18. The number of halogens is 1. The number of nitrogens with zero attached hydrogens (tertiary/aromatic N) is 1. The van der Waals surface area contributed by atoms with Gasteiger partial charge in [-0.3, -0.25) is 9.59 Å². The van der Waals surface area contributed by atoms with Crippen molar-refractivity contribution in [2.24, 2.45) is 0 Å². The maximum Gasteiger partial charge on any atom is 0.242 e. The highest BCUT2D eigenvalue weighted by Gasteiger charge is 2.28. The second-order valence-corrected chi connectivity index (χ2v) is 9.18. The minimum absolute atomic E-state index is 0.104. The van der Waals surface area contributed by atoms with Crippen molar-refractivity contribution in [2.75, 3.05) is 5.75 Å². The number of carbonyl (C=O) groups excluding carboxylic acids is 2. The predicted molar refractivity (Wildman–Crippen MR) is 124 cm³/mol. The first-order valence-electron chi connectivity index (χ1n) is 10.9. The standard InChI is InChI=1S/C25H31FN2O2S/c1-18-9-3-4-10-20(18)15-28(19(2)25(30)27-22-12-6-7-13-22)24(29)17-31-16-21-11-5-8-14-23(21)26/h3-5,8-11,14,19,22H,6-7,12-13,15-17H2,1-2H3,(H,27,30)/t19-/m1/s1. The van der Waals surface area contributed by atoms with Crippen LogP contribution in [0, 0.1) is 12.7 Å². The fraction of sp³-hybridized carbons (Fsp3) is 0.440. The van der Waals surface area contributed by atoms with Crippen molar-refractivity contribution in [3.8, 4) is 0 Å². The van der Waals surface area contributed by atoms with Crippen LogP contribution in [0.2, 0.25) is 0 Å². The number of carbonyl (C=O) groups is 2. The Morgan fingerprint density at radius 1 is 1.10 bits per heavy atom. The van der Waals surface area contributed by atoms with Crippen LogP contribution in [0.4, 0.5) is 4.39 Å². The Balaban J connectivity index is 1.67. The number of hydrogen-bond acceptors (Lipinski definition) is 3. The van der Waals surface area contributed by atoms with E-state index in [0.717, 1.165) is 36.8 Å². The summed E-state index contributed by atoms with van der Waals surface area (Å²) in [5.41, 5.74) is 2.69. The summed E-state index contributed by atoms with van der Waals surface area (Å²) >= 11 is 1.37. The van der Waals surface area contributed by atoms with Crippen LogP contribution >= 0.6 is 11.8 Å². The first-order chi connectivity index (χ1) is 15.0. The molecule has 0 heterocycles. The Morgan fingerprint density at radius 3 is 2.42 bits per heavy atom. The summed E-state index contributed by atoms with van der Waals surface area (Å²) in [6, 6.07) is 14.2. The number of nitrogens with one attached hydrogen (secondary N) is 1. The van der Waals surface area contributed by atoms with Crippen LogP contribution in [-0.4, -0.2) is 34.6 Å². The van der Waals surface area contributed by atoms with Gasteiger partial charge >= 0.3 is 0 Å². The molecule has 31 heavy (non-hydrogen) atoms. The number of rotatable bonds is 9. The Kier molecular flexibility index (Phi) is 8.52. The SMILES string of the molecule is Cc1ccccc1CN(C(=O)CSCc1ccccc1F)[C@H](C)C(=O)NC1CCCC1. The summed E-state index contributed by atoms with van der Waals surface area (Å²) in [6.07, 6.45) is 4.28. The lowest BCUT2D eigenvalue weighted by molar-refractivity contribution is -0.139. The van der Waals surface area contributed by atoms with Crippen LogP contribution in [0.5, 0.6) is 0 Å². The van der Waals surface area contributed by atoms with Crippen LogP contribution in [-0.2, 0) is 21.9 Å². The van der Waals surface area contributed by atoms with Gasteiger partial charge in [-0.2, -0.15) is 0 Å². The highest BCUT2D eigenvalue weighted by molar-refractivity contribution is 7.99. The van der Waals surface area contributed by atoms with E-state index >= 15 is 0 Å². The van der Waals surface area contributed by atoms with E-state index in [1.54, 1.807) is 30.0 Å². The number of benzene rings is 2. The van der Waals surface area contributed by atoms with Crippen molar-refractivity contribution in [3.05, 3.63) is 71.0 Å². The number of amides is 2. The van der Waals surface area contributed by atoms with Crippen molar-refractivity contribution >= 4 is 23.6 Å². The monoisotopic (exact) mass is 442 g/mol. The van der Waals surface area contributed by atoms with Crippen LogP contribution < -0.4 is 5.32 Å². The first kappa shape index (κ1) is 23.3. The van der Waals surface area contributed by atoms with Gasteiger partial charge in [-0.05, 0) is 49.4 Å². The van der Waals surface area contributed by atoms with E-state index in [0.29, 0.717) is 17.9 Å². The molecular weight excluding hydrogens is 411 g/mol. The van der Waals surface area contributed by atoms with Crippen molar-refractivity contribution in [2.45, 2.75) is 63.9 Å². The molecule has 0 bridgehead atoms. The van der Waals surface area contributed by atoms with Gasteiger partial charge in [-0.1, -0.05) is 55.3 Å². The molecule has 1 aliphatic rings. The average Bonchev–Trinajstić information content (AvgIpc) is 3.27. The Hall–Kier alpha value is -2.34. The molecule has 2 aromatic carbocycles. The lowest BCUT2D eigenvalue weighted by atomic mass is 10.1. The minimum atomic E-state index is -0.568. The van der Waals surface area contributed by atoms with Crippen LogP contribution in [0.3, 0.4) is 0 Å². The lowest BCUT2D eigenvalue weighted by Gasteiger charge is -2.30. The van der Waals surface area contributed by atoms with E-state index in [4.69, 9.17) is 0 Å². The van der Waals surface area contributed by atoms with Gasteiger partial charge in [0.05, 0.1) is 5.75 Å². The number of aryl methyl sites for hydroxylation is 1. The van der Waals surface area contributed by atoms with Crippen molar-refractivity contribution < 1.29 is 14.0 Å². The third-order valence-electron chi connectivity index (χ3n) is 5.91. The maximum atomic E-state index is 13.9. The molecule has 1 saturated carbocycles. The summed E-state index contributed by atoms with van der Waals surface area (Å²) in [5, 5.41) is 3.11. The van der Waals surface area contributed by atoms with E-state index in [-0.39, 0.29) is 29.4 Å². The zero-order valence-electron chi connectivity index (χ0n) is 18.3. The largest absolute Gasteiger partial charge is 0.352 e. The molecule has 6 heteroatoms. The zero-order valence-corrected chi connectivity index (χ0v) is 19.1. The number of thioether (sulfide) groups is 1. The van der Waals surface area contributed by atoms with E-state index in [1.165, 1.54) is 17.8 Å². The molecule has 0 aromatic heterocycles. The Morgan fingerprint density at radius 2 is 1.74 bits per heavy atom. The molecule has 2 amide bonds. The molecular formula is C25H31FN2O2S. The molecule has 1 N–H and O–H groups in total. The van der Waals surface area contributed by atoms with Crippen LogP contribution in [0.15, 0.2) is 48.5 Å². The third-order valence-corrected chi connectivity index (χ3v) is 6.88. The van der Waals surface area contributed by atoms with Gasteiger partial charge in [-0.25, -0.2) is 4.39 Å². The van der Waals surface area contributed by atoms with Crippen LogP contribution in [0.1, 0.15) is 49.3 Å². The molecule has 4 nitrogen and oxygen atoms in total. The van der Waals surface area contributed by atoms with Crippen molar-refractivity contribution in [3.63, 3.8) is 0 Å². The molecule has 1 fully saturated rings. The number of hydrogen-bond donors (Lipinski definition) is 1. The molecule has 0 aliphatic heterocycles. The highest BCUT2D eigenvalue weighted by atomic mass is 32.2.